The van der Waals surface area contributed by atoms with Gasteiger partial charge in [-0.25, -0.2) is 0 Å². The predicted octanol–water partition coefficient (Wildman–Crippen LogP) is 2.06. The van der Waals surface area contributed by atoms with Gasteiger partial charge >= 0.3 is 0 Å². The van der Waals surface area contributed by atoms with E-state index in [4.69, 9.17) is 9.47 Å². The standard InChI is InChI=1S/C17H26N2O3/c1-4-14(22-16-8-6-5-7-15(16)21-3)17(20)18-13-9-11-19(2)12-10-13/h5-8,13-14H,4,9-12H2,1-3H3,(H,18,20). The Kier molecular flexibility index (Phi) is 6.07. The lowest BCUT2D eigenvalue weighted by Gasteiger charge is -2.30. The van der Waals surface area contributed by atoms with E-state index >= 15 is 0 Å². The summed E-state index contributed by atoms with van der Waals surface area (Å²) in [7, 11) is 3.71. The molecule has 1 fully saturated rings. The van der Waals surface area contributed by atoms with Crippen LogP contribution in [-0.4, -0.2) is 50.2 Å². The molecule has 1 aliphatic rings. The molecule has 1 atom stereocenters. The summed E-state index contributed by atoms with van der Waals surface area (Å²) in [6.07, 6.45) is 2.12. The molecule has 122 valence electrons. The molecule has 1 saturated heterocycles. The van der Waals surface area contributed by atoms with Crippen molar-refractivity contribution in [3.8, 4) is 11.5 Å². The molecular weight excluding hydrogens is 280 g/mol. The lowest BCUT2D eigenvalue weighted by molar-refractivity contribution is -0.129. The van der Waals surface area contributed by atoms with Gasteiger partial charge in [-0.15, -0.1) is 0 Å². The van der Waals surface area contributed by atoms with Gasteiger partial charge in [0, 0.05) is 6.04 Å². The fourth-order valence-electron chi connectivity index (χ4n) is 2.64. The number of nitrogens with one attached hydrogen (secondary N) is 1. The molecule has 0 aliphatic carbocycles. The van der Waals surface area contributed by atoms with Gasteiger partial charge in [0.2, 0.25) is 0 Å². The zero-order chi connectivity index (χ0) is 15.9. The van der Waals surface area contributed by atoms with E-state index < -0.39 is 6.10 Å². The molecule has 0 bridgehead atoms. The second kappa shape index (κ2) is 8.03. The number of methoxy groups -OCH3 is 1. The van der Waals surface area contributed by atoms with Crippen LogP contribution in [0.1, 0.15) is 26.2 Å². The highest BCUT2D eigenvalue weighted by Gasteiger charge is 2.24. The van der Waals surface area contributed by atoms with E-state index in [1.54, 1.807) is 7.11 Å². The number of para-hydroxylation sites is 2. The number of benzene rings is 1. The molecule has 5 nitrogen and oxygen atoms in total. The van der Waals surface area contributed by atoms with Crippen molar-refractivity contribution in [3.05, 3.63) is 24.3 Å². The maximum Gasteiger partial charge on any atom is 0.261 e. The van der Waals surface area contributed by atoms with Gasteiger partial charge in [-0.2, -0.15) is 0 Å². The second-order valence-electron chi connectivity index (χ2n) is 5.75. The van der Waals surface area contributed by atoms with Crippen molar-refractivity contribution in [2.45, 2.75) is 38.3 Å². The van der Waals surface area contributed by atoms with Gasteiger partial charge in [-0.3, -0.25) is 4.79 Å². The maximum atomic E-state index is 12.4. The summed E-state index contributed by atoms with van der Waals surface area (Å²) in [5, 5.41) is 3.12. The number of amides is 1. The van der Waals surface area contributed by atoms with Crippen molar-refractivity contribution in [2.75, 3.05) is 27.2 Å². The summed E-state index contributed by atoms with van der Waals surface area (Å²) >= 11 is 0. The second-order valence-corrected chi connectivity index (χ2v) is 5.75. The van der Waals surface area contributed by atoms with Crippen LogP contribution in [0, 0.1) is 0 Å². The van der Waals surface area contributed by atoms with Crippen LogP contribution in [0.3, 0.4) is 0 Å². The molecule has 0 aromatic heterocycles. The van der Waals surface area contributed by atoms with Crippen LogP contribution in [0.5, 0.6) is 11.5 Å². The smallest absolute Gasteiger partial charge is 0.261 e. The molecule has 0 saturated carbocycles. The largest absolute Gasteiger partial charge is 0.493 e. The van der Waals surface area contributed by atoms with E-state index in [0.29, 0.717) is 17.9 Å². The summed E-state index contributed by atoms with van der Waals surface area (Å²) < 4.78 is 11.1. The number of hydrogen-bond acceptors (Lipinski definition) is 4. The summed E-state index contributed by atoms with van der Waals surface area (Å²) in [6.45, 7) is 4.00. The summed E-state index contributed by atoms with van der Waals surface area (Å²) in [4.78, 5) is 14.7. The highest BCUT2D eigenvalue weighted by atomic mass is 16.5. The van der Waals surface area contributed by atoms with Gasteiger partial charge in [-0.1, -0.05) is 19.1 Å². The first-order valence-electron chi connectivity index (χ1n) is 7.92. The number of ether oxygens (including phenoxy) is 2. The number of carbonyl (C=O) groups is 1. The molecule has 1 aromatic carbocycles. The van der Waals surface area contributed by atoms with Gasteiger partial charge in [0.1, 0.15) is 0 Å². The third-order valence-corrected chi connectivity index (χ3v) is 4.07. The van der Waals surface area contributed by atoms with Crippen molar-refractivity contribution in [3.63, 3.8) is 0 Å². The highest BCUT2D eigenvalue weighted by Crippen LogP contribution is 2.27. The Morgan fingerprint density at radius 3 is 2.55 bits per heavy atom. The fraction of sp³-hybridized carbons (Fsp3) is 0.588. The lowest BCUT2D eigenvalue weighted by atomic mass is 10.1. The van der Waals surface area contributed by atoms with Gasteiger partial charge in [0.05, 0.1) is 7.11 Å². The Bertz CT molecular complexity index is 485. The van der Waals surface area contributed by atoms with Crippen LogP contribution in [0.25, 0.3) is 0 Å². The third-order valence-electron chi connectivity index (χ3n) is 4.07. The predicted molar refractivity (Wildman–Crippen MR) is 86.4 cm³/mol. The molecule has 1 heterocycles. The SMILES string of the molecule is CCC(Oc1ccccc1OC)C(=O)NC1CCN(C)CC1. The minimum absolute atomic E-state index is 0.0389. The molecule has 2 rings (SSSR count). The highest BCUT2D eigenvalue weighted by molar-refractivity contribution is 5.81. The van der Waals surface area contributed by atoms with Gasteiger partial charge in [-0.05, 0) is 51.5 Å². The lowest BCUT2D eigenvalue weighted by Crippen LogP contribution is -2.47. The minimum Gasteiger partial charge on any atom is -0.493 e. The summed E-state index contributed by atoms with van der Waals surface area (Å²) in [6, 6.07) is 7.66. The number of nitrogens with zero attached hydrogens (tertiary/aromatic N) is 1. The average Bonchev–Trinajstić information content (AvgIpc) is 2.55. The van der Waals surface area contributed by atoms with Gasteiger partial charge < -0.3 is 19.7 Å². The number of rotatable bonds is 6. The number of carbonyl (C=O) groups excluding carboxylic acids is 1. The van der Waals surface area contributed by atoms with Gasteiger partial charge in [0.25, 0.3) is 5.91 Å². The van der Waals surface area contributed by atoms with Crippen LogP contribution in [-0.2, 0) is 4.79 Å². The Morgan fingerprint density at radius 1 is 1.32 bits per heavy atom. The minimum atomic E-state index is -0.490. The first-order chi connectivity index (χ1) is 10.6. The Morgan fingerprint density at radius 2 is 1.95 bits per heavy atom. The molecule has 1 aromatic rings. The van der Waals surface area contributed by atoms with E-state index in [-0.39, 0.29) is 11.9 Å². The van der Waals surface area contributed by atoms with Crippen LogP contribution >= 0.6 is 0 Å². The van der Waals surface area contributed by atoms with Crippen molar-refractivity contribution in [2.24, 2.45) is 0 Å². The quantitative estimate of drug-likeness (QED) is 0.874. The first-order valence-corrected chi connectivity index (χ1v) is 7.92. The Balaban J connectivity index is 1.94. The number of hydrogen-bond donors (Lipinski definition) is 1. The van der Waals surface area contributed by atoms with Crippen molar-refractivity contribution in [1.29, 1.82) is 0 Å². The summed E-state index contributed by atoms with van der Waals surface area (Å²) in [5.41, 5.74) is 0. The van der Waals surface area contributed by atoms with E-state index in [2.05, 4.69) is 17.3 Å². The first kappa shape index (κ1) is 16.6. The fourth-order valence-corrected chi connectivity index (χ4v) is 2.64. The van der Waals surface area contributed by atoms with E-state index in [1.807, 2.05) is 31.2 Å². The molecule has 22 heavy (non-hydrogen) atoms. The Labute approximate surface area is 132 Å². The zero-order valence-electron chi connectivity index (χ0n) is 13.7. The Hall–Kier alpha value is -1.75. The van der Waals surface area contributed by atoms with Crippen LogP contribution in [0.15, 0.2) is 24.3 Å². The average molecular weight is 306 g/mol. The van der Waals surface area contributed by atoms with Gasteiger partial charge in [0.15, 0.2) is 17.6 Å². The molecule has 1 unspecified atom stereocenters. The van der Waals surface area contributed by atoms with Crippen molar-refractivity contribution in [1.82, 2.24) is 10.2 Å². The number of piperidine rings is 1. The van der Waals surface area contributed by atoms with Crippen LogP contribution in [0.2, 0.25) is 0 Å². The molecule has 0 spiro atoms. The summed E-state index contributed by atoms with van der Waals surface area (Å²) in [5.74, 6) is 1.21. The van der Waals surface area contributed by atoms with Crippen molar-refractivity contribution >= 4 is 5.91 Å². The monoisotopic (exact) mass is 306 g/mol. The molecule has 1 N–H and O–H groups in total. The number of likely N-dealkylation sites (tertiary alicyclic amines) is 1. The van der Waals surface area contributed by atoms with E-state index in [1.165, 1.54) is 0 Å². The molecule has 5 heteroatoms. The molecule has 1 aliphatic heterocycles. The molecular formula is C17H26N2O3. The molecule has 0 radical (unpaired) electrons. The topological polar surface area (TPSA) is 50.8 Å². The maximum absolute atomic E-state index is 12.4. The van der Waals surface area contributed by atoms with Crippen LogP contribution < -0.4 is 14.8 Å². The molecule has 1 amide bonds. The normalized spacial score (nSPS) is 17.8. The van der Waals surface area contributed by atoms with Crippen molar-refractivity contribution < 1.29 is 14.3 Å². The van der Waals surface area contributed by atoms with E-state index in [0.717, 1.165) is 25.9 Å². The van der Waals surface area contributed by atoms with Crippen LogP contribution in [0.4, 0.5) is 0 Å². The van der Waals surface area contributed by atoms with E-state index in [9.17, 15) is 4.79 Å². The third kappa shape index (κ3) is 4.37. The zero-order valence-corrected chi connectivity index (χ0v) is 13.7.